The van der Waals surface area contributed by atoms with E-state index in [1.54, 1.807) is 6.07 Å². The third-order valence-electron chi connectivity index (χ3n) is 5.91. The topological polar surface area (TPSA) is 66.9 Å². The number of carbonyl (C=O) groups is 1. The van der Waals surface area contributed by atoms with Crippen molar-refractivity contribution in [1.82, 2.24) is 9.21 Å². The zero-order valence-corrected chi connectivity index (χ0v) is 20.5. The molecule has 1 fully saturated rings. The second-order valence-corrected chi connectivity index (χ2v) is 10.8. The molecule has 0 bridgehead atoms. The third kappa shape index (κ3) is 5.82. The molecule has 0 unspecified atom stereocenters. The van der Waals surface area contributed by atoms with Gasteiger partial charge in [-0.1, -0.05) is 23.7 Å². The van der Waals surface area contributed by atoms with Crippen LogP contribution in [0.4, 0.5) is 0 Å². The monoisotopic (exact) mass is 478 g/mol. The summed E-state index contributed by atoms with van der Waals surface area (Å²) in [7, 11) is -0.835. The summed E-state index contributed by atoms with van der Waals surface area (Å²) in [5, 5.41) is 0.114. The smallest absolute Gasteiger partial charge is 0.253 e. The molecule has 1 heterocycles. The van der Waals surface area contributed by atoms with Crippen LogP contribution in [0.1, 0.15) is 42.1 Å². The first-order valence-corrected chi connectivity index (χ1v) is 12.8. The summed E-state index contributed by atoms with van der Waals surface area (Å²) in [4.78, 5) is 14.8. The molecule has 0 aliphatic carbocycles. The Morgan fingerprint density at radius 1 is 1.12 bits per heavy atom. The first-order valence-electron chi connectivity index (χ1n) is 11.0. The number of sulfonamides is 1. The Morgan fingerprint density at radius 3 is 2.38 bits per heavy atom. The van der Waals surface area contributed by atoms with Crippen molar-refractivity contribution >= 4 is 27.5 Å². The lowest BCUT2D eigenvalue weighted by Crippen LogP contribution is -2.38. The van der Waals surface area contributed by atoms with E-state index in [9.17, 15) is 13.2 Å². The molecule has 0 aromatic heterocycles. The normalized spacial score (nSPS) is 15.2. The van der Waals surface area contributed by atoms with Gasteiger partial charge in [0.05, 0.1) is 11.6 Å². The van der Waals surface area contributed by atoms with Crippen LogP contribution >= 0.6 is 11.6 Å². The summed E-state index contributed by atoms with van der Waals surface area (Å²) in [5.41, 5.74) is 1.64. The van der Waals surface area contributed by atoms with E-state index in [4.69, 9.17) is 16.3 Å². The summed E-state index contributed by atoms with van der Waals surface area (Å²) in [5.74, 6) is 1.31. The predicted molar refractivity (Wildman–Crippen MR) is 127 cm³/mol. The van der Waals surface area contributed by atoms with Crippen molar-refractivity contribution in [1.29, 1.82) is 0 Å². The van der Waals surface area contributed by atoms with Gasteiger partial charge in [-0.3, -0.25) is 4.79 Å². The van der Waals surface area contributed by atoms with Crippen molar-refractivity contribution in [2.24, 2.45) is 5.92 Å². The Balaban J connectivity index is 1.56. The summed E-state index contributed by atoms with van der Waals surface area (Å²) >= 11 is 6.11. The standard InChI is InChI=1S/C24H31ClN2O4S/c1-4-31-21-10-7-18(8-11-21)5-6-19-13-15-27(16-14-19)24(28)20-9-12-22(25)23(17-20)32(29,30)26(2)3/h7-12,17,19H,4-6,13-16H2,1-3H3. The molecule has 1 aliphatic rings. The fourth-order valence-corrected chi connectivity index (χ4v) is 5.32. The number of hydrogen-bond acceptors (Lipinski definition) is 4. The molecule has 0 N–H and O–H groups in total. The number of benzene rings is 2. The van der Waals surface area contributed by atoms with E-state index >= 15 is 0 Å². The Bertz CT molecular complexity index is 1030. The summed E-state index contributed by atoms with van der Waals surface area (Å²) in [6.07, 6.45) is 3.98. The summed E-state index contributed by atoms with van der Waals surface area (Å²) < 4.78 is 31.6. The quantitative estimate of drug-likeness (QED) is 0.561. The first-order chi connectivity index (χ1) is 15.2. The van der Waals surface area contributed by atoms with Gasteiger partial charge >= 0.3 is 0 Å². The van der Waals surface area contributed by atoms with E-state index in [1.807, 2.05) is 24.0 Å². The van der Waals surface area contributed by atoms with Crippen LogP contribution in [0.15, 0.2) is 47.4 Å². The molecular weight excluding hydrogens is 448 g/mol. The minimum absolute atomic E-state index is 0.0414. The molecule has 0 atom stereocenters. The summed E-state index contributed by atoms with van der Waals surface area (Å²) in [6, 6.07) is 12.7. The SMILES string of the molecule is CCOc1ccc(CCC2CCN(C(=O)c3ccc(Cl)c(S(=O)(=O)N(C)C)c3)CC2)cc1. The molecule has 32 heavy (non-hydrogen) atoms. The fraction of sp³-hybridized carbons (Fsp3) is 0.458. The highest BCUT2D eigenvalue weighted by Gasteiger charge is 2.26. The Morgan fingerprint density at radius 2 is 1.78 bits per heavy atom. The predicted octanol–water partition coefficient (Wildman–Crippen LogP) is 4.47. The van der Waals surface area contributed by atoms with Crippen LogP contribution < -0.4 is 4.74 Å². The van der Waals surface area contributed by atoms with Crippen LogP contribution in [0.25, 0.3) is 0 Å². The van der Waals surface area contributed by atoms with Crippen LogP contribution in [0.2, 0.25) is 5.02 Å². The van der Waals surface area contributed by atoms with E-state index in [-0.39, 0.29) is 15.8 Å². The van der Waals surface area contributed by atoms with Gasteiger partial charge in [0.15, 0.2) is 0 Å². The second kappa shape index (κ2) is 10.7. The highest BCUT2D eigenvalue weighted by Crippen LogP contribution is 2.28. The van der Waals surface area contributed by atoms with Gasteiger partial charge in [0, 0.05) is 32.7 Å². The van der Waals surface area contributed by atoms with Crippen LogP contribution in [-0.4, -0.2) is 57.3 Å². The van der Waals surface area contributed by atoms with E-state index in [0.717, 1.165) is 35.7 Å². The molecule has 1 saturated heterocycles. The van der Waals surface area contributed by atoms with Crippen molar-refractivity contribution in [2.45, 2.75) is 37.5 Å². The number of rotatable bonds is 8. The van der Waals surface area contributed by atoms with Crippen LogP contribution in [-0.2, 0) is 16.4 Å². The average molecular weight is 479 g/mol. The largest absolute Gasteiger partial charge is 0.494 e. The minimum atomic E-state index is -3.72. The molecule has 174 valence electrons. The van der Waals surface area contributed by atoms with Crippen molar-refractivity contribution in [2.75, 3.05) is 33.8 Å². The lowest BCUT2D eigenvalue weighted by molar-refractivity contribution is 0.0686. The molecule has 3 rings (SSSR count). The molecular formula is C24H31ClN2O4S. The number of piperidine rings is 1. The van der Waals surface area contributed by atoms with Crippen LogP contribution in [0.3, 0.4) is 0 Å². The van der Waals surface area contributed by atoms with Crippen LogP contribution in [0.5, 0.6) is 5.75 Å². The highest BCUT2D eigenvalue weighted by molar-refractivity contribution is 7.89. The Hall–Kier alpha value is -2.09. The lowest BCUT2D eigenvalue weighted by atomic mass is 9.90. The third-order valence-corrected chi connectivity index (χ3v) is 8.21. The highest BCUT2D eigenvalue weighted by atomic mass is 35.5. The number of nitrogens with zero attached hydrogens (tertiary/aromatic N) is 2. The maximum absolute atomic E-state index is 13.0. The van der Waals surface area contributed by atoms with Gasteiger partial charge in [-0.2, -0.15) is 0 Å². The molecule has 1 aliphatic heterocycles. The van der Waals surface area contributed by atoms with E-state index in [2.05, 4.69) is 12.1 Å². The lowest BCUT2D eigenvalue weighted by Gasteiger charge is -2.32. The van der Waals surface area contributed by atoms with Crippen molar-refractivity contribution in [3.05, 3.63) is 58.6 Å². The van der Waals surface area contributed by atoms with Gasteiger partial charge in [-0.05, 0) is 74.4 Å². The van der Waals surface area contributed by atoms with Gasteiger partial charge in [-0.15, -0.1) is 0 Å². The fourth-order valence-electron chi connectivity index (χ4n) is 3.93. The van der Waals surface area contributed by atoms with Crippen molar-refractivity contribution in [3.8, 4) is 5.75 Å². The molecule has 1 amide bonds. The number of amides is 1. The molecule has 8 heteroatoms. The second-order valence-electron chi connectivity index (χ2n) is 8.28. The van der Waals surface area contributed by atoms with Gasteiger partial charge in [0.1, 0.15) is 10.6 Å². The number of likely N-dealkylation sites (tertiary alicyclic amines) is 1. The van der Waals surface area contributed by atoms with E-state index in [0.29, 0.717) is 31.2 Å². The Kier molecular flexibility index (Phi) is 8.20. The first kappa shape index (κ1) is 24.6. The summed E-state index contributed by atoms with van der Waals surface area (Å²) in [6.45, 7) is 3.98. The van der Waals surface area contributed by atoms with Gasteiger partial charge in [0.2, 0.25) is 10.0 Å². The van der Waals surface area contributed by atoms with Gasteiger partial charge in [-0.25, -0.2) is 12.7 Å². The maximum Gasteiger partial charge on any atom is 0.253 e. The van der Waals surface area contributed by atoms with Crippen molar-refractivity contribution < 1.29 is 17.9 Å². The molecule has 0 saturated carbocycles. The van der Waals surface area contributed by atoms with E-state index < -0.39 is 10.0 Å². The molecule has 2 aromatic carbocycles. The molecule has 0 radical (unpaired) electrons. The zero-order chi connectivity index (χ0) is 23.3. The van der Waals surface area contributed by atoms with E-state index in [1.165, 1.54) is 31.8 Å². The number of halogens is 1. The number of ether oxygens (including phenoxy) is 1. The zero-order valence-electron chi connectivity index (χ0n) is 18.9. The molecule has 0 spiro atoms. The Labute approximate surface area is 196 Å². The van der Waals surface area contributed by atoms with Gasteiger partial charge in [0.25, 0.3) is 5.91 Å². The molecule has 2 aromatic rings. The number of hydrogen-bond donors (Lipinski definition) is 0. The van der Waals surface area contributed by atoms with Crippen molar-refractivity contribution in [3.63, 3.8) is 0 Å². The number of aryl methyl sites for hydroxylation is 1. The average Bonchev–Trinajstić information content (AvgIpc) is 2.79. The number of carbonyl (C=O) groups excluding carboxylic acids is 1. The molecule has 6 nitrogen and oxygen atoms in total. The van der Waals surface area contributed by atoms with Crippen LogP contribution in [0, 0.1) is 5.92 Å². The maximum atomic E-state index is 13.0. The minimum Gasteiger partial charge on any atom is -0.494 e. The van der Waals surface area contributed by atoms with Gasteiger partial charge < -0.3 is 9.64 Å².